The highest BCUT2D eigenvalue weighted by atomic mass is 16.7. The number of carboxylic acid groups (broad SMARTS) is 1. The average Bonchev–Trinajstić information content (AvgIpc) is 2.70. The van der Waals surface area contributed by atoms with Gasteiger partial charge in [-0.2, -0.15) is 0 Å². The lowest BCUT2D eigenvalue weighted by molar-refractivity contribution is -0.272. The van der Waals surface area contributed by atoms with Crippen LogP contribution in [0.3, 0.4) is 0 Å². The summed E-state index contributed by atoms with van der Waals surface area (Å²) in [6.45, 7) is 1.75. The highest BCUT2D eigenvalue weighted by Crippen LogP contribution is 2.31. The molecule has 5 N–H and O–H groups in total. The van der Waals surface area contributed by atoms with Crippen LogP contribution in [0, 0.1) is 0 Å². The minimum absolute atomic E-state index is 0.241. The van der Waals surface area contributed by atoms with Gasteiger partial charge in [0, 0.05) is 13.5 Å². The van der Waals surface area contributed by atoms with E-state index < -0.39 is 36.7 Å². The number of nitrogen functional groups attached to an aromatic ring is 1. The van der Waals surface area contributed by atoms with Gasteiger partial charge in [0.2, 0.25) is 6.29 Å². The molecule has 0 saturated carbocycles. The summed E-state index contributed by atoms with van der Waals surface area (Å²) in [7, 11) is 1.46. The molecule has 8 heteroatoms. The van der Waals surface area contributed by atoms with Crippen molar-refractivity contribution in [2.45, 2.75) is 89.0 Å². The standard InChI is InChI=1S/C22H35NO7/c1-14-21(28-2)19(26)20(27)22(29-14)30-16-12-9-11-15(18(16)23)10-7-5-3-4-6-8-13-17(24)25/h9,11-12,14,19-22,26-27H,3-8,10,13,23H2,1-2H3,(H,24,25)/t14-,19-,20+,21-,22-/m0/s1. The number of anilines is 1. The van der Waals surface area contributed by atoms with Crippen molar-refractivity contribution in [3.8, 4) is 5.75 Å². The molecule has 1 aliphatic rings. The fourth-order valence-corrected chi connectivity index (χ4v) is 3.77. The highest BCUT2D eigenvalue weighted by Gasteiger charge is 2.44. The number of para-hydroxylation sites is 1. The second-order valence-electron chi connectivity index (χ2n) is 7.85. The number of aliphatic hydroxyl groups is 2. The van der Waals surface area contributed by atoms with Crippen LogP contribution in [0.1, 0.15) is 57.4 Å². The fourth-order valence-electron chi connectivity index (χ4n) is 3.77. The summed E-state index contributed by atoms with van der Waals surface area (Å²) in [5.74, 6) is -0.318. The molecule has 1 aliphatic heterocycles. The summed E-state index contributed by atoms with van der Waals surface area (Å²) in [5, 5.41) is 29.2. The number of ether oxygens (including phenoxy) is 3. The molecule has 0 amide bonds. The van der Waals surface area contributed by atoms with Crippen LogP contribution in [0.15, 0.2) is 18.2 Å². The summed E-state index contributed by atoms with van der Waals surface area (Å²) in [6, 6.07) is 5.52. The van der Waals surface area contributed by atoms with E-state index in [-0.39, 0.29) is 6.42 Å². The number of aliphatic carboxylic acids is 1. The number of hydrogen-bond donors (Lipinski definition) is 4. The number of carbonyl (C=O) groups is 1. The van der Waals surface area contributed by atoms with E-state index in [9.17, 15) is 15.0 Å². The van der Waals surface area contributed by atoms with Gasteiger partial charge in [-0.3, -0.25) is 4.79 Å². The predicted octanol–water partition coefficient (Wildman–Crippen LogP) is 2.49. The number of hydrogen-bond acceptors (Lipinski definition) is 7. The van der Waals surface area contributed by atoms with Crippen molar-refractivity contribution in [2.75, 3.05) is 12.8 Å². The van der Waals surface area contributed by atoms with Crippen molar-refractivity contribution in [2.24, 2.45) is 0 Å². The molecule has 0 bridgehead atoms. The number of nitrogens with two attached hydrogens (primary N) is 1. The first kappa shape index (κ1) is 24.4. The van der Waals surface area contributed by atoms with E-state index in [1.54, 1.807) is 13.0 Å². The topological polar surface area (TPSA) is 131 Å². The van der Waals surface area contributed by atoms with Crippen molar-refractivity contribution in [1.29, 1.82) is 0 Å². The number of unbranched alkanes of at least 4 members (excludes halogenated alkanes) is 5. The quantitative estimate of drug-likeness (QED) is 0.297. The maximum atomic E-state index is 10.5. The SMILES string of the molecule is CO[C@@H]1[C@@H](O)[C@@H](O)[C@H](Oc2cccc(CCCCCCCCC(=O)O)c2N)O[C@H]1C. The smallest absolute Gasteiger partial charge is 0.303 e. The van der Waals surface area contributed by atoms with E-state index in [0.717, 1.165) is 50.5 Å². The Labute approximate surface area is 177 Å². The van der Waals surface area contributed by atoms with E-state index in [2.05, 4.69) is 0 Å². The van der Waals surface area contributed by atoms with Crippen LogP contribution in [-0.2, 0) is 20.7 Å². The third-order valence-electron chi connectivity index (χ3n) is 5.54. The Hall–Kier alpha value is -1.87. The van der Waals surface area contributed by atoms with E-state index >= 15 is 0 Å². The van der Waals surface area contributed by atoms with Crippen LogP contribution in [0.2, 0.25) is 0 Å². The molecule has 170 valence electrons. The molecule has 1 aromatic rings. The van der Waals surface area contributed by atoms with E-state index in [0.29, 0.717) is 11.4 Å². The van der Waals surface area contributed by atoms with Crippen LogP contribution >= 0.6 is 0 Å². The Morgan fingerprint density at radius 2 is 1.77 bits per heavy atom. The molecule has 5 atom stereocenters. The second kappa shape index (κ2) is 12.1. The van der Waals surface area contributed by atoms with Crippen molar-refractivity contribution in [1.82, 2.24) is 0 Å². The minimum Gasteiger partial charge on any atom is -0.481 e. The van der Waals surface area contributed by atoms with Crippen LogP contribution in [-0.4, -0.2) is 59.1 Å². The van der Waals surface area contributed by atoms with Gasteiger partial charge < -0.3 is 35.3 Å². The number of benzene rings is 1. The van der Waals surface area contributed by atoms with Gasteiger partial charge >= 0.3 is 5.97 Å². The fraction of sp³-hybridized carbons (Fsp3) is 0.682. The molecule has 0 radical (unpaired) electrons. The Bertz CT molecular complexity index is 669. The van der Waals surface area contributed by atoms with E-state index in [1.165, 1.54) is 7.11 Å². The molecule has 0 aliphatic carbocycles. The number of aryl methyl sites for hydroxylation is 1. The molecular weight excluding hydrogens is 390 g/mol. The lowest BCUT2D eigenvalue weighted by Crippen LogP contribution is -2.58. The summed E-state index contributed by atoms with van der Waals surface area (Å²) in [5.41, 5.74) is 7.74. The largest absolute Gasteiger partial charge is 0.481 e. The van der Waals surface area contributed by atoms with Crippen molar-refractivity contribution in [3.63, 3.8) is 0 Å². The Morgan fingerprint density at radius 3 is 2.43 bits per heavy atom. The van der Waals surface area contributed by atoms with Crippen molar-refractivity contribution >= 4 is 11.7 Å². The van der Waals surface area contributed by atoms with Crippen LogP contribution in [0.5, 0.6) is 5.75 Å². The van der Waals surface area contributed by atoms with Crippen LogP contribution in [0.4, 0.5) is 5.69 Å². The number of methoxy groups -OCH3 is 1. The molecule has 8 nitrogen and oxygen atoms in total. The van der Waals surface area contributed by atoms with Crippen LogP contribution in [0.25, 0.3) is 0 Å². The van der Waals surface area contributed by atoms with Crippen LogP contribution < -0.4 is 10.5 Å². The summed E-state index contributed by atoms with van der Waals surface area (Å²) in [6.07, 6.45) is 2.34. The Balaban J connectivity index is 1.82. The first-order valence-electron chi connectivity index (χ1n) is 10.6. The van der Waals surface area contributed by atoms with Gasteiger partial charge in [0.15, 0.2) is 0 Å². The molecule has 1 saturated heterocycles. The second-order valence-corrected chi connectivity index (χ2v) is 7.85. The van der Waals surface area contributed by atoms with Gasteiger partial charge in [-0.25, -0.2) is 0 Å². The zero-order valence-corrected chi connectivity index (χ0v) is 17.8. The van der Waals surface area contributed by atoms with Crippen molar-refractivity contribution in [3.05, 3.63) is 23.8 Å². The Morgan fingerprint density at radius 1 is 1.10 bits per heavy atom. The molecule has 0 unspecified atom stereocenters. The number of rotatable bonds is 12. The molecule has 0 spiro atoms. The van der Waals surface area contributed by atoms with Gasteiger partial charge in [-0.05, 0) is 37.8 Å². The molecule has 30 heavy (non-hydrogen) atoms. The van der Waals surface area contributed by atoms with E-state index in [4.69, 9.17) is 25.1 Å². The predicted molar refractivity (Wildman–Crippen MR) is 112 cm³/mol. The average molecular weight is 426 g/mol. The number of carboxylic acids is 1. The molecule has 1 heterocycles. The number of aliphatic hydroxyl groups excluding tert-OH is 2. The summed E-state index contributed by atoms with van der Waals surface area (Å²) >= 11 is 0. The molecule has 1 fully saturated rings. The molecular formula is C22H35NO7. The lowest BCUT2D eigenvalue weighted by atomic mass is 9.99. The molecule has 2 rings (SSSR count). The first-order chi connectivity index (χ1) is 14.3. The lowest BCUT2D eigenvalue weighted by Gasteiger charge is -2.40. The zero-order valence-electron chi connectivity index (χ0n) is 17.8. The zero-order chi connectivity index (χ0) is 22.1. The van der Waals surface area contributed by atoms with Gasteiger partial charge in [-0.15, -0.1) is 0 Å². The van der Waals surface area contributed by atoms with Gasteiger partial charge in [0.1, 0.15) is 24.1 Å². The van der Waals surface area contributed by atoms with Gasteiger partial charge in [-0.1, -0.05) is 37.8 Å². The first-order valence-corrected chi connectivity index (χ1v) is 10.6. The normalized spacial score (nSPS) is 26.5. The third kappa shape index (κ3) is 6.84. The monoisotopic (exact) mass is 425 g/mol. The minimum atomic E-state index is -1.25. The Kier molecular flexibility index (Phi) is 9.84. The van der Waals surface area contributed by atoms with Gasteiger partial charge in [0.25, 0.3) is 0 Å². The highest BCUT2D eigenvalue weighted by molar-refractivity contribution is 5.66. The maximum Gasteiger partial charge on any atom is 0.303 e. The van der Waals surface area contributed by atoms with E-state index in [1.807, 2.05) is 12.1 Å². The van der Waals surface area contributed by atoms with Gasteiger partial charge in [0.05, 0.1) is 11.8 Å². The third-order valence-corrected chi connectivity index (χ3v) is 5.54. The summed E-state index contributed by atoms with van der Waals surface area (Å²) in [4.78, 5) is 10.5. The molecule has 0 aromatic heterocycles. The van der Waals surface area contributed by atoms with Crippen molar-refractivity contribution < 1.29 is 34.3 Å². The molecule has 1 aromatic carbocycles. The maximum absolute atomic E-state index is 10.5. The summed E-state index contributed by atoms with van der Waals surface area (Å²) < 4.78 is 16.7.